The van der Waals surface area contributed by atoms with Gasteiger partial charge in [0.25, 0.3) is 0 Å². The first-order valence-electron chi connectivity index (χ1n) is 7.62. The standard InChI is InChI=1S/C16H30O2Si/c1-11-7-12-8-13(9-14(12)15(11)10-17)18-19(5,6)16(2,3)4/h12-15,17H,1,7-10H2,2-6H3/t12-,13+,14+,15+/m1/s1. The molecule has 0 aromatic rings. The second-order valence-electron chi connectivity index (χ2n) is 8.05. The minimum atomic E-state index is -1.65. The zero-order chi connectivity index (χ0) is 14.4. The Morgan fingerprint density at radius 1 is 1.32 bits per heavy atom. The molecule has 1 N–H and O–H groups in total. The van der Waals surface area contributed by atoms with Gasteiger partial charge in [0.1, 0.15) is 0 Å². The van der Waals surface area contributed by atoms with Crippen LogP contribution in [0, 0.1) is 17.8 Å². The Labute approximate surface area is 119 Å². The third kappa shape index (κ3) is 2.83. The van der Waals surface area contributed by atoms with Crippen LogP contribution in [0.3, 0.4) is 0 Å². The maximum Gasteiger partial charge on any atom is 0.192 e. The summed E-state index contributed by atoms with van der Waals surface area (Å²) in [5.41, 5.74) is 1.27. The van der Waals surface area contributed by atoms with Gasteiger partial charge < -0.3 is 9.53 Å². The molecule has 0 saturated heterocycles. The second kappa shape index (κ2) is 5.01. The molecule has 2 nitrogen and oxygen atoms in total. The van der Waals surface area contributed by atoms with Gasteiger partial charge in [-0.3, -0.25) is 0 Å². The van der Waals surface area contributed by atoms with Crippen molar-refractivity contribution >= 4 is 8.32 Å². The molecule has 2 aliphatic rings. The zero-order valence-corrected chi connectivity index (χ0v) is 14.2. The second-order valence-corrected chi connectivity index (χ2v) is 12.8. The molecular formula is C16H30O2Si. The topological polar surface area (TPSA) is 29.5 Å². The van der Waals surface area contributed by atoms with Crippen molar-refractivity contribution in [3.05, 3.63) is 12.2 Å². The summed E-state index contributed by atoms with van der Waals surface area (Å²) in [5, 5.41) is 9.82. The van der Waals surface area contributed by atoms with Crippen LogP contribution in [0.25, 0.3) is 0 Å². The molecule has 2 rings (SSSR count). The lowest BCUT2D eigenvalue weighted by Crippen LogP contribution is -2.43. The molecule has 0 radical (unpaired) electrons. The molecule has 0 bridgehead atoms. The van der Waals surface area contributed by atoms with Crippen LogP contribution in [-0.2, 0) is 4.43 Å². The summed E-state index contributed by atoms with van der Waals surface area (Å²) in [7, 11) is -1.65. The van der Waals surface area contributed by atoms with E-state index in [0.29, 0.717) is 23.9 Å². The van der Waals surface area contributed by atoms with E-state index in [-0.39, 0.29) is 11.6 Å². The first-order valence-corrected chi connectivity index (χ1v) is 10.5. The number of hydrogen-bond acceptors (Lipinski definition) is 2. The molecule has 3 heteroatoms. The highest BCUT2D eigenvalue weighted by molar-refractivity contribution is 6.74. The summed E-state index contributed by atoms with van der Waals surface area (Å²) in [4.78, 5) is 0. The number of hydrogen-bond donors (Lipinski definition) is 1. The van der Waals surface area contributed by atoms with Gasteiger partial charge in [-0.15, -0.1) is 0 Å². The summed E-state index contributed by atoms with van der Waals surface area (Å²) in [6.07, 6.45) is 3.82. The molecule has 0 aliphatic heterocycles. The largest absolute Gasteiger partial charge is 0.414 e. The SMILES string of the molecule is C=C1C[C@@H]2C[C@H](O[Si](C)(C)C(C)(C)C)C[C@@H]2[C@H]1CO. The number of aliphatic hydroxyl groups is 1. The minimum Gasteiger partial charge on any atom is -0.414 e. The number of rotatable bonds is 3. The van der Waals surface area contributed by atoms with Crippen LogP contribution in [0.5, 0.6) is 0 Å². The predicted octanol–water partition coefficient (Wildman–Crippen LogP) is 3.97. The lowest BCUT2D eigenvalue weighted by Gasteiger charge is -2.38. The van der Waals surface area contributed by atoms with E-state index < -0.39 is 8.32 Å². The van der Waals surface area contributed by atoms with Crippen molar-refractivity contribution in [3.63, 3.8) is 0 Å². The van der Waals surface area contributed by atoms with Crippen molar-refractivity contribution in [2.75, 3.05) is 6.61 Å². The van der Waals surface area contributed by atoms with Gasteiger partial charge in [-0.1, -0.05) is 32.9 Å². The van der Waals surface area contributed by atoms with Crippen molar-refractivity contribution in [2.24, 2.45) is 17.8 Å². The van der Waals surface area contributed by atoms with Gasteiger partial charge >= 0.3 is 0 Å². The Bertz CT molecular complexity index is 356. The number of fused-ring (bicyclic) bond motifs is 1. The van der Waals surface area contributed by atoms with Gasteiger partial charge in [0.15, 0.2) is 8.32 Å². The fraction of sp³-hybridized carbons (Fsp3) is 0.875. The lowest BCUT2D eigenvalue weighted by molar-refractivity contribution is 0.165. The van der Waals surface area contributed by atoms with E-state index in [4.69, 9.17) is 4.43 Å². The average molecular weight is 282 g/mol. The van der Waals surface area contributed by atoms with Gasteiger partial charge in [-0.05, 0) is 49.2 Å². The van der Waals surface area contributed by atoms with Crippen LogP contribution in [0.2, 0.25) is 18.1 Å². The van der Waals surface area contributed by atoms with Crippen LogP contribution < -0.4 is 0 Å². The molecule has 0 aromatic heterocycles. The van der Waals surface area contributed by atoms with Gasteiger partial charge in [-0.25, -0.2) is 0 Å². The highest BCUT2D eigenvalue weighted by Crippen LogP contribution is 2.51. The van der Waals surface area contributed by atoms with Crippen LogP contribution >= 0.6 is 0 Å². The number of aliphatic hydroxyl groups excluding tert-OH is 1. The van der Waals surface area contributed by atoms with E-state index in [0.717, 1.165) is 12.8 Å². The summed E-state index contributed by atoms with van der Waals surface area (Å²) in [6.45, 7) is 16.0. The lowest BCUT2D eigenvalue weighted by atomic mass is 9.92. The average Bonchev–Trinajstić information content (AvgIpc) is 2.71. The van der Waals surface area contributed by atoms with Gasteiger partial charge in [0.2, 0.25) is 0 Å². The van der Waals surface area contributed by atoms with Crippen LogP contribution in [0.1, 0.15) is 40.0 Å². The maximum absolute atomic E-state index is 9.54. The molecule has 2 aliphatic carbocycles. The molecular weight excluding hydrogens is 252 g/mol. The Kier molecular flexibility index (Phi) is 4.03. The minimum absolute atomic E-state index is 0.271. The molecule has 0 unspecified atom stereocenters. The van der Waals surface area contributed by atoms with Crippen molar-refractivity contribution in [3.8, 4) is 0 Å². The molecule has 19 heavy (non-hydrogen) atoms. The molecule has 0 spiro atoms. The third-order valence-corrected chi connectivity index (χ3v) is 10.3. The van der Waals surface area contributed by atoms with Crippen molar-refractivity contribution < 1.29 is 9.53 Å². The first kappa shape index (κ1) is 15.3. The normalized spacial score (nSPS) is 35.8. The third-order valence-electron chi connectivity index (χ3n) is 5.74. The van der Waals surface area contributed by atoms with E-state index >= 15 is 0 Å². The van der Waals surface area contributed by atoms with Gasteiger partial charge in [-0.2, -0.15) is 0 Å². The molecule has 4 atom stereocenters. The monoisotopic (exact) mass is 282 g/mol. The fourth-order valence-corrected chi connectivity index (χ4v) is 4.96. The molecule has 2 fully saturated rings. The maximum atomic E-state index is 9.54. The van der Waals surface area contributed by atoms with E-state index in [1.165, 1.54) is 12.0 Å². The van der Waals surface area contributed by atoms with E-state index in [1.54, 1.807) is 0 Å². The highest BCUT2D eigenvalue weighted by Gasteiger charge is 2.48. The Morgan fingerprint density at radius 3 is 2.47 bits per heavy atom. The molecule has 0 aromatic carbocycles. The van der Waals surface area contributed by atoms with Gasteiger partial charge in [0.05, 0.1) is 0 Å². The van der Waals surface area contributed by atoms with Crippen LogP contribution in [-0.4, -0.2) is 26.1 Å². The zero-order valence-electron chi connectivity index (χ0n) is 13.2. The van der Waals surface area contributed by atoms with E-state index in [2.05, 4.69) is 40.4 Å². The molecule has 2 saturated carbocycles. The molecule has 0 amide bonds. The highest BCUT2D eigenvalue weighted by atomic mass is 28.4. The Hall–Kier alpha value is -0.123. The Balaban J connectivity index is 1.99. The fourth-order valence-electron chi connectivity index (χ4n) is 3.58. The summed E-state index contributed by atoms with van der Waals surface area (Å²) < 4.78 is 6.56. The summed E-state index contributed by atoms with van der Waals surface area (Å²) in [6, 6.07) is 0. The molecule has 0 heterocycles. The van der Waals surface area contributed by atoms with Crippen molar-refractivity contribution in [1.29, 1.82) is 0 Å². The van der Waals surface area contributed by atoms with Crippen molar-refractivity contribution in [1.82, 2.24) is 0 Å². The Morgan fingerprint density at radius 2 is 1.95 bits per heavy atom. The van der Waals surface area contributed by atoms with Crippen LogP contribution in [0.4, 0.5) is 0 Å². The van der Waals surface area contributed by atoms with E-state index in [9.17, 15) is 5.11 Å². The summed E-state index contributed by atoms with van der Waals surface area (Å²) in [5.74, 6) is 1.66. The molecule has 110 valence electrons. The van der Waals surface area contributed by atoms with Crippen LogP contribution in [0.15, 0.2) is 12.2 Å². The summed E-state index contributed by atoms with van der Waals surface area (Å²) >= 11 is 0. The van der Waals surface area contributed by atoms with E-state index in [1.807, 2.05) is 0 Å². The smallest absolute Gasteiger partial charge is 0.192 e. The predicted molar refractivity (Wildman–Crippen MR) is 82.6 cm³/mol. The quantitative estimate of drug-likeness (QED) is 0.627. The van der Waals surface area contributed by atoms with Gasteiger partial charge in [0, 0.05) is 18.6 Å². The first-order chi connectivity index (χ1) is 8.65. The van der Waals surface area contributed by atoms with Crippen molar-refractivity contribution in [2.45, 2.75) is 64.3 Å².